The van der Waals surface area contributed by atoms with E-state index in [0.29, 0.717) is 36.5 Å². The van der Waals surface area contributed by atoms with Crippen molar-refractivity contribution >= 4 is 23.0 Å². The van der Waals surface area contributed by atoms with Gasteiger partial charge < -0.3 is 5.32 Å². The van der Waals surface area contributed by atoms with E-state index in [4.69, 9.17) is 0 Å². The van der Waals surface area contributed by atoms with Gasteiger partial charge in [0.2, 0.25) is 0 Å². The van der Waals surface area contributed by atoms with Gasteiger partial charge in [-0.15, -0.1) is 0 Å². The quantitative estimate of drug-likeness (QED) is 0.409. The zero-order valence-corrected chi connectivity index (χ0v) is 17.5. The average molecular weight is 477 g/mol. The van der Waals surface area contributed by atoms with Crippen LogP contribution in [0.3, 0.4) is 0 Å². The van der Waals surface area contributed by atoms with Crippen molar-refractivity contribution in [3.8, 4) is 5.69 Å². The Bertz CT molecular complexity index is 1390. The van der Waals surface area contributed by atoms with Gasteiger partial charge in [0.25, 0.3) is 5.56 Å². The Labute approximate surface area is 187 Å². The van der Waals surface area contributed by atoms with Crippen molar-refractivity contribution in [3.05, 3.63) is 97.6 Å². The molecule has 0 unspecified atom stereocenters. The number of benzene rings is 2. The Morgan fingerprint density at radius 1 is 1.06 bits per heavy atom. The van der Waals surface area contributed by atoms with Crippen LogP contribution in [0.1, 0.15) is 17.0 Å². The van der Waals surface area contributed by atoms with Gasteiger partial charge in [0, 0.05) is 36.0 Å². The van der Waals surface area contributed by atoms with Crippen molar-refractivity contribution < 1.29 is 17.6 Å². The number of rotatable bonds is 6. The molecule has 0 saturated carbocycles. The summed E-state index contributed by atoms with van der Waals surface area (Å²) in [6.07, 6.45) is -0.754. The Balaban J connectivity index is 1.52. The van der Waals surface area contributed by atoms with E-state index in [0.717, 1.165) is 23.2 Å². The Hall–Kier alpha value is -3.80. The number of nitrogens with zero attached hydrogens (tertiary/aromatic N) is 3. The van der Waals surface area contributed by atoms with Crippen LogP contribution in [0.4, 0.5) is 29.1 Å². The lowest BCUT2D eigenvalue weighted by Crippen LogP contribution is -2.22. The summed E-state index contributed by atoms with van der Waals surface area (Å²) in [5, 5.41) is 2.46. The Kier molecular flexibility index (Phi) is 6.09. The highest BCUT2D eigenvalue weighted by Crippen LogP contribution is 2.31. The number of anilines is 2. The second-order valence-electron chi connectivity index (χ2n) is 6.98. The van der Waals surface area contributed by atoms with Gasteiger partial charge in [-0.1, -0.05) is 12.1 Å². The fraction of sp³-hybridized carbons (Fsp3) is 0.143. The summed E-state index contributed by atoms with van der Waals surface area (Å²) in [6.45, 7) is 0. The zero-order valence-electron chi connectivity index (χ0n) is 16.7. The fourth-order valence-electron chi connectivity index (χ4n) is 3.08. The molecule has 4 rings (SSSR count). The summed E-state index contributed by atoms with van der Waals surface area (Å²) in [6, 6.07) is 9.02. The summed E-state index contributed by atoms with van der Waals surface area (Å²) in [4.78, 5) is 30.3. The molecule has 2 aromatic heterocycles. The van der Waals surface area contributed by atoms with Gasteiger partial charge in [-0.3, -0.25) is 19.1 Å². The maximum Gasteiger partial charge on any atom is 0.416 e. The molecule has 0 aliphatic carbocycles. The van der Waals surface area contributed by atoms with Crippen molar-refractivity contribution in [1.29, 1.82) is 0 Å². The van der Waals surface area contributed by atoms with Crippen molar-refractivity contribution in [3.63, 3.8) is 0 Å². The summed E-state index contributed by atoms with van der Waals surface area (Å²) in [7, 11) is 0. The number of aryl methyl sites for hydroxylation is 2. The number of H-pyrrole nitrogens is 1. The van der Waals surface area contributed by atoms with Crippen LogP contribution in [0.5, 0.6) is 0 Å². The van der Waals surface area contributed by atoms with Crippen molar-refractivity contribution in [1.82, 2.24) is 18.9 Å². The standard InChI is InChI=1S/C21H15F4N5O2S/c22-15-11-13(21(23,24)25)4-7-16(15)27-18-19(31)30(10-9-26-18)14-5-1-12(2-6-14)3-8-17-28-20(32)33-29-17/h1-2,4-7,9-11H,3,8H2,(H,26,27)(H,28,29,32). The molecule has 0 fully saturated rings. The van der Waals surface area contributed by atoms with E-state index in [2.05, 4.69) is 19.7 Å². The molecule has 0 aliphatic heterocycles. The number of halogens is 4. The second-order valence-corrected chi connectivity index (χ2v) is 7.71. The van der Waals surface area contributed by atoms with Crippen molar-refractivity contribution in [2.24, 2.45) is 0 Å². The molecule has 170 valence electrons. The highest BCUT2D eigenvalue weighted by atomic mass is 32.1. The number of hydrogen-bond donors (Lipinski definition) is 2. The second kappa shape index (κ2) is 8.98. The monoisotopic (exact) mass is 477 g/mol. The van der Waals surface area contributed by atoms with Crippen LogP contribution in [-0.4, -0.2) is 18.9 Å². The van der Waals surface area contributed by atoms with E-state index in [1.807, 2.05) is 12.1 Å². The first-order valence-electron chi connectivity index (χ1n) is 9.56. The molecule has 12 heteroatoms. The molecule has 2 N–H and O–H groups in total. The van der Waals surface area contributed by atoms with Crippen LogP contribution in [0.2, 0.25) is 0 Å². The smallest absolute Gasteiger partial charge is 0.333 e. The minimum Gasteiger partial charge on any atom is -0.333 e. The summed E-state index contributed by atoms with van der Waals surface area (Å²) in [5.74, 6) is -0.800. The molecule has 33 heavy (non-hydrogen) atoms. The summed E-state index contributed by atoms with van der Waals surface area (Å²) < 4.78 is 57.6. The minimum atomic E-state index is -4.68. The van der Waals surface area contributed by atoms with Gasteiger partial charge in [-0.05, 0) is 42.3 Å². The van der Waals surface area contributed by atoms with Crippen molar-refractivity contribution in [2.45, 2.75) is 19.0 Å². The molecule has 0 bridgehead atoms. The molecule has 0 amide bonds. The molecule has 0 spiro atoms. The van der Waals surface area contributed by atoms with E-state index < -0.39 is 23.1 Å². The van der Waals surface area contributed by atoms with Crippen LogP contribution >= 0.6 is 11.5 Å². The van der Waals surface area contributed by atoms with Gasteiger partial charge in [-0.25, -0.2) is 9.37 Å². The van der Waals surface area contributed by atoms with Gasteiger partial charge in [-0.2, -0.15) is 17.5 Å². The number of aromatic nitrogens is 4. The molecular weight excluding hydrogens is 462 g/mol. The van der Waals surface area contributed by atoms with Crippen molar-refractivity contribution in [2.75, 3.05) is 5.32 Å². The SMILES string of the molecule is O=c1[nH]c(CCc2ccc(-n3ccnc(Nc4ccc(C(F)(F)F)cc4F)c3=O)cc2)ns1. The highest BCUT2D eigenvalue weighted by Gasteiger charge is 2.31. The molecule has 2 heterocycles. The first kappa shape index (κ1) is 22.4. The Morgan fingerprint density at radius 3 is 2.45 bits per heavy atom. The zero-order chi connectivity index (χ0) is 23.6. The lowest BCUT2D eigenvalue weighted by molar-refractivity contribution is -0.137. The predicted molar refractivity (Wildman–Crippen MR) is 115 cm³/mol. The molecule has 0 atom stereocenters. The largest absolute Gasteiger partial charge is 0.416 e. The van der Waals surface area contributed by atoms with Gasteiger partial charge in [0.05, 0.1) is 11.3 Å². The summed E-state index contributed by atoms with van der Waals surface area (Å²) >= 11 is 0.861. The minimum absolute atomic E-state index is 0.210. The molecular formula is C21H15F4N5O2S. The molecule has 7 nitrogen and oxygen atoms in total. The highest BCUT2D eigenvalue weighted by molar-refractivity contribution is 7.02. The van der Waals surface area contributed by atoms with Crippen LogP contribution in [0.25, 0.3) is 5.69 Å². The lowest BCUT2D eigenvalue weighted by Gasteiger charge is -2.12. The van der Waals surface area contributed by atoms with E-state index in [-0.39, 0.29) is 16.4 Å². The Morgan fingerprint density at radius 2 is 1.82 bits per heavy atom. The van der Waals surface area contributed by atoms with E-state index in [1.54, 1.807) is 12.1 Å². The lowest BCUT2D eigenvalue weighted by atomic mass is 10.1. The van der Waals surface area contributed by atoms with Crippen LogP contribution in [0, 0.1) is 5.82 Å². The molecule has 0 aliphatic rings. The van der Waals surface area contributed by atoms with E-state index >= 15 is 0 Å². The molecule has 0 saturated heterocycles. The average Bonchev–Trinajstić information content (AvgIpc) is 3.20. The maximum absolute atomic E-state index is 14.1. The van der Waals surface area contributed by atoms with Gasteiger partial charge >= 0.3 is 11.0 Å². The third-order valence-electron chi connectivity index (χ3n) is 4.74. The van der Waals surface area contributed by atoms with E-state index in [1.165, 1.54) is 17.0 Å². The maximum atomic E-state index is 14.1. The van der Waals surface area contributed by atoms with Gasteiger partial charge in [0.15, 0.2) is 5.82 Å². The van der Waals surface area contributed by atoms with Crippen LogP contribution in [-0.2, 0) is 19.0 Å². The topological polar surface area (TPSA) is 92.7 Å². The third-order valence-corrected chi connectivity index (χ3v) is 5.32. The number of aromatic amines is 1. The first-order chi connectivity index (χ1) is 15.7. The normalized spacial score (nSPS) is 11.5. The summed E-state index contributed by atoms with van der Waals surface area (Å²) in [5.41, 5.74) is -0.570. The number of hydrogen-bond acceptors (Lipinski definition) is 6. The predicted octanol–water partition coefficient (Wildman–Crippen LogP) is 4.06. The van der Waals surface area contributed by atoms with Crippen LogP contribution < -0.4 is 15.7 Å². The third kappa shape index (κ3) is 5.17. The molecule has 0 radical (unpaired) electrons. The van der Waals surface area contributed by atoms with Crippen LogP contribution in [0.15, 0.2) is 64.4 Å². The molecule has 2 aromatic carbocycles. The van der Waals surface area contributed by atoms with Gasteiger partial charge in [0.1, 0.15) is 11.6 Å². The number of nitrogens with one attached hydrogen (secondary N) is 2. The van der Waals surface area contributed by atoms with E-state index in [9.17, 15) is 27.2 Å². The first-order valence-corrected chi connectivity index (χ1v) is 10.3. The number of alkyl halides is 3. The fourth-order valence-corrected chi connectivity index (χ4v) is 3.57. The molecule has 4 aromatic rings.